The Labute approximate surface area is 104 Å². The number of aryl methyl sites for hydroxylation is 3. The average molecular weight is 253 g/mol. The maximum atomic E-state index is 4.42. The molecule has 2 aromatic heterocycles. The van der Waals surface area contributed by atoms with Gasteiger partial charge in [-0.05, 0) is 36.2 Å². The molecule has 0 fully saturated rings. The quantitative estimate of drug-likeness (QED) is 0.834. The van der Waals surface area contributed by atoms with E-state index in [9.17, 15) is 0 Å². The Bertz CT molecular complexity index is 515. The Hall–Kier alpha value is -1.41. The summed E-state index contributed by atoms with van der Waals surface area (Å²) in [5.41, 5.74) is 2.21. The number of aromatic nitrogens is 6. The fraction of sp³-hybridized carbons (Fsp3) is 0.556. The van der Waals surface area contributed by atoms with Crippen LogP contribution < -0.4 is 5.32 Å². The first-order valence-corrected chi connectivity index (χ1v) is 6.02. The summed E-state index contributed by atoms with van der Waals surface area (Å²) in [6, 6.07) is 0. The first kappa shape index (κ1) is 12.1. The van der Waals surface area contributed by atoms with E-state index < -0.39 is 0 Å². The van der Waals surface area contributed by atoms with Gasteiger partial charge in [-0.2, -0.15) is 5.10 Å². The topological polar surface area (TPSA) is 73.5 Å². The van der Waals surface area contributed by atoms with Crippen molar-refractivity contribution in [2.24, 2.45) is 14.1 Å². The van der Waals surface area contributed by atoms with Gasteiger partial charge < -0.3 is 5.32 Å². The fourth-order valence-electron chi connectivity index (χ4n) is 1.58. The van der Waals surface area contributed by atoms with Gasteiger partial charge in [-0.15, -0.1) is 5.10 Å². The maximum absolute atomic E-state index is 4.42. The minimum atomic E-state index is 0.755. The van der Waals surface area contributed by atoms with Crippen LogP contribution in [-0.4, -0.2) is 37.0 Å². The van der Waals surface area contributed by atoms with Gasteiger partial charge in [-0.1, -0.05) is 0 Å². The molecule has 7 nitrogen and oxygen atoms in total. The van der Waals surface area contributed by atoms with Crippen LogP contribution in [0.15, 0.2) is 10.2 Å². The molecule has 0 unspecified atom stereocenters. The number of nitrogens with one attached hydrogen (secondary N) is 1. The molecular weight excluding hydrogens is 238 g/mol. The zero-order chi connectivity index (χ0) is 12.4. The highest BCUT2D eigenvalue weighted by molar-refractivity contribution is 7.99. The Balaban J connectivity index is 2.35. The van der Waals surface area contributed by atoms with Gasteiger partial charge in [0.2, 0.25) is 5.16 Å². The van der Waals surface area contributed by atoms with Crippen molar-refractivity contribution in [3.05, 3.63) is 11.3 Å². The molecule has 0 saturated heterocycles. The van der Waals surface area contributed by atoms with Gasteiger partial charge in [-0.25, -0.2) is 4.68 Å². The van der Waals surface area contributed by atoms with Gasteiger partial charge in [0, 0.05) is 26.2 Å². The standard InChI is InChI=1S/C9H15N7S/c1-6-7(5-10-2)8(15(3)12-6)17-9-11-13-14-16(9)4/h10H,5H2,1-4H3. The largest absolute Gasteiger partial charge is 0.316 e. The molecule has 0 aliphatic carbocycles. The Morgan fingerprint density at radius 3 is 2.65 bits per heavy atom. The third kappa shape index (κ3) is 2.32. The van der Waals surface area contributed by atoms with E-state index in [2.05, 4.69) is 25.9 Å². The summed E-state index contributed by atoms with van der Waals surface area (Å²) in [4.78, 5) is 0. The molecule has 0 aromatic carbocycles. The van der Waals surface area contributed by atoms with Crippen molar-refractivity contribution >= 4 is 11.8 Å². The molecule has 2 rings (SSSR count). The van der Waals surface area contributed by atoms with E-state index >= 15 is 0 Å². The van der Waals surface area contributed by atoms with E-state index in [0.717, 1.165) is 22.4 Å². The maximum Gasteiger partial charge on any atom is 0.215 e. The number of hydrogen-bond donors (Lipinski definition) is 1. The molecule has 0 atom stereocenters. The Kier molecular flexibility index (Phi) is 3.43. The second-order valence-corrected chi connectivity index (χ2v) is 4.67. The molecule has 8 heteroatoms. The van der Waals surface area contributed by atoms with E-state index in [1.165, 1.54) is 17.3 Å². The normalized spacial score (nSPS) is 11.1. The van der Waals surface area contributed by atoms with Gasteiger partial charge >= 0.3 is 0 Å². The van der Waals surface area contributed by atoms with Crippen molar-refractivity contribution in [1.82, 2.24) is 35.3 Å². The molecule has 0 bridgehead atoms. The zero-order valence-corrected chi connectivity index (χ0v) is 11.1. The number of nitrogens with zero attached hydrogens (tertiary/aromatic N) is 6. The van der Waals surface area contributed by atoms with Gasteiger partial charge in [0.25, 0.3) is 0 Å². The van der Waals surface area contributed by atoms with Crippen molar-refractivity contribution in [3.63, 3.8) is 0 Å². The number of rotatable bonds is 4. The summed E-state index contributed by atoms with van der Waals surface area (Å²) >= 11 is 1.52. The second kappa shape index (κ2) is 4.84. The van der Waals surface area contributed by atoms with Crippen LogP contribution in [-0.2, 0) is 20.6 Å². The highest BCUT2D eigenvalue weighted by atomic mass is 32.2. The lowest BCUT2D eigenvalue weighted by molar-refractivity contribution is 0.655. The van der Waals surface area contributed by atoms with Gasteiger partial charge in [0.1, 0.15) is 5.03 Å². The van der Waals surface area contributed by atoms with Crippen molar-refractivity contribution in [1.29, 1.82) is 0 Å². The fourth-order valence-corrected chi connectivity index (χ4v) is 2.52. The molecular formula is C9H15N7S. The van der Waals surface area contributed by atoms with Crippen LogP contribution in [0.4, 0.5) is 0 Å². The minimum Gasteiger partial charge on any atom is -0.316 e. The summed E-state index contributed by atoms with van der Waals surface area (Å²) in [6.45, 7) is 2.79. The van der Waals surface area contributed by atoms with Crippen LogP contribution in [0, 0.1) is 6.92 Å². The molecule has 0 aliphatic heterocycles. The highest BCUT2D eigenvalue weighted by Gasteiger charge is 2.16. The number of hydrogen-bond acceptors (Lipinski definition) is 6. The summed E-state index contributed by atoms with van der Waals surface area (Å²) in [5.74, 6) is 0. The van der Waals surface area contributed by atoms with E-state index in [1.54, 1.807) is 4.68 Å². The van der Waals surface area contributed by atoms with Crippen molar-refractivity contribution < 1.29 is 0 Å². The molecule has 0 spiro atoms. The van der Waals surface area contributed by atoms with Crippen LogP contribution in [0.5, 0.6) is 0 Å². The molecule has 0 amide bonds. The SMILES string of the molecule is CNCc1c(C)nn(C)c1Sc1nnnn1C. The summed E-state index contributed by atoms with van der Waals surface area (Å²) in [6.07, 6.45) is 0. The van der Waals surface area contributed by atoms with Crippen LogP contribution >= 0.6 is 11.8 Å². The summed E-state index contributed by atoms with van der Waals surface area (Å²) in [5, 5.41) is 20.8. The molecule has 0 saturated carbocycles. The smallest absolute Gasteiger partial charge is 0.215 e. The first-order chi connectivity index (χ1) is 8.13. The van der Waals surface area contributed by atoms with E-state index in [1.807, 2.05) is 32.7 Å². The highest BCUT2D eigenvalue weighted by Crippen LogP contribution is 2.29. The summed E-state index contributed by atoms with van der Waals surface area (Å²) in [7, 11) is 5.67. The van der Waals surface area contributed by atoms with Crippen molar-refractivity contribution in [2.75, 3.05) is 7.05 Å². The van der Waals surface area contributed by atoms with E-state index in [4.69, 9.17) is 0 Å². The predicted octanol–water partition coefficient (Wildman–Crippen LogP) is 0.123. The molecule has 17 heavy (non-hydrogen) atoms. The molecule has 2 aromatic rings. The monoisotopic (exact) mass is 253 g/mol. The third-order valence-corrected chi connectivity index (χ3v) is 3.64. The molecule has 2 heterocycles. The predicted molar refractivity (Wildman–Crippen MR) is 63.6 cm³/mol. The van der Waals surface area contributed by atoms with Crippen molar-refractivity contribution in [3.8, 4) is 0 Å². The average Bonchev–Trinajstić information content (AvgIpc) is 2.78. The molecule has 0 aliphatic rings. The molecule has 1 N–H and O–H groups in total. The van der Waals surface area contributed by atoms with Crippen LogP contribution in [0.1, 0.15) is 11.3 Å². The summed E-state index contributed by atoms with van der Waals surface area (Å²) < 4.78 is 3.51. The van der Waals surface area contributed by atoms with E-state index in [0.29, 0.717) is 0 Å². The third-order valence-electron chi connectivity index (χ3n) is 2.41. The second-order valence-electron chi connectivity index (χ2n) is 3.71. The van der Waals surface area contributed by atoms with Gasteiger partial charge in [0.15, 0.2) is 0 Å². The Morgan fingerprint density at radius 1 is 1.29 bits per heavy atom. The van der Waals surface area contributed by atoms with Gasteiger partial charge in [0.05, 0.1) is 5.69 Å². The molecule has 0 radical (unpaired) electrons. The van der Waals surface area contributed by atoms with Crippen LogP contribution in [0.2, 0.25) is 0 Å². The van der Waals surface area contributed by atoms with Gasteiger partial charge in [-0.3, -0.25) is 4.68 Å². The molecule has 92 valence electrons. The minimum absolute atomic E-state index is 0.755. The number of tetrazole rings is 1. The lowest BCUT2D eigenvalue weighted by atomic mass is 10.3. The van der Waals surface area contributed by atoms with Crippen LogP contribution in [0.25, 0.3) is 0 Å². The van der Waals surface area contributed by atoms with E-state index in [-0.39, 0.29) is 0 Å². The first-order valence-electron chi connectivity index (χ1n) is 5.20. The van der Waals surface area contributed by atoms with Crippen LogP contribution in [0.3, 0.4) is 0 Å². The lowest BCUT2D eigenvalue weighted by Gasteiger charge is -2.04. The Morgan fingerprint density at radius 2 is 2.06 bits per heavy atom. The van der Waals surface area contributed by atoms with Crippen molar-refractivity contribution in [2.45, 2.75) is 23.7 Å². The zero-order valence-electron chi connectivity index (χ0n) is 10.3. The lowest BCUT2D eigenvalue weighted by Crippen LogP contribution is -2.07.